The largest absolute Gasteiger partial charge is 0.299 e. The molecule has 0 aliphatic heterocycles. The zero-order chi connectivity index (χ0) is 14.9. The Hall–Kier alpha value is -2.62. The molecule has 1 saturated carbocycles. The van der Waals surface area contributed by atoms with Crippen LogP contribution in [0.1, 0.15) is 18.5 Å². The standard InChI is InChI=1S/C18H15N3O/c22-18(12-3-4-12)8-16-6-14-7-17(13-2-1-5-19-9-13)21-11-15(14)10-20-16/h1-2,5-7,9-12H,3-4,8H2. The van der Waals surface area contributed by atoms with Crippen molar-refractivity contribution in [2.45, 2.75) is 19.3 Å². The van der Waals surface area contributed by atoms with Crippen LogP contribution in [-0.4, -0.2) is 20.7 Å². The highest BCUT2D eigenvalue weighted by atomic mass is 16.1. The molecule has 0 spiro atoms. The molecular formula is C18H15N3O. The van der Waals surface area contributed by atoms with Crippen molar-refractivity contribution in [3.8, 4) is 11.3 Å². The number of hydrogen-bond acceptors (Lipinski definition) is 4. The summed E-state index contributed by atoms with van der Waals surface area (Å²) in [6, 6.07) is 7.91. The molecule has 108 valence electrons. The Bertz CT molecular complexity index is 841. The van der Waals surface area contributed by atoms with Crippen molar-refractivity contribution < 1.29 is 4.79 Å². The van der Waals surface area contributed by atoms with Gasteiger partial charge in [0.15, 0.2) is 0 Å². The van der Waals surface area contributed by atoms with Gasteiger partial charge in [0.2, 0.25) is 0 Å². The molecule has 4 nitrogen and oxygen atoms in total. The van der Waals surface area contributed by atoms with E-state index in [9.17, 15) is 4.79 Å². The monoisotopic (exact) mass is 289 g/mol. The second kappa shape index (κ2) is 5.30. The fourth-order valence-corrected chi connectivity index (χ4v) is 2.58. The molecular weight excluding hydrogens is 274 g/mol. The third-order valence-electron chi connectivity index (χ3n) is 4.01. The van der Waals surface area contributed by atoms with E-state index in [1.54, 1.807) is 18.6 Å². The van der Waals surface area contributed by atoms with E-state index in [2.05, 4.69) is 15.0 Å². The first-order valence-electron chi connectivity index (χ1n) is 7.47. The molecule has 22 heavy (non-hydrogen) atoms. The number of carbonyl (C=O) groups excluding carboxylic acids is 1. The third-order valence-corrected chi connectivity index (χ3v) is 4.01. The number of rotatable bonds is 4. The summed E-state index contributed by atoms with van der Waals surface area (Å²) in [5.74, 6) is 0.592. The number of Topliss-reactive ketones (excluding diaryl/α,β-unsaturated/α-hetero) is 1. The number of nitrogens with zero attached hydrogens (tertiary/aromatic N) is 3. The Labute approximate surface area is 128 Å². The molecule has 3 aromatic heterocycles. The summed E-state index contributed by atoms with van der Waals surface area (Å²) < 4.78 is 0. The van der Waals surface area contributed by atoms with Gasteiger partial charge in [-0.3, -0.25) is 19.7 Å². The molecule has 0 N–H and O–H groups in total. The maximum atomic E-state index is 11.9. The van der Waals surface area contributed by atoms with Crippen LogP contribution < -0.4 is 0 Å². The molecule has 1 aliphatic carbocycles. The molecule has 0 unspecified atom stereocenters. The van der Waals surface area contributed by atoms with E-state index in [0.29, 0.717) is 12.2 Å². The molecule has 1 aliphatic rings. The van der Waals surface area contributed by atoms with Crippen molar-refractivity contribution in [2.75, 3.05) is 0 Å². The first-order valence-corrected chi connectivity index (χ1v) is 7.47. The maximum Gasteiger partial charge on any atom is 0.141 e. The van der Waals surface area contributed by atoms with Gasteiger partial charge in [0.25, 0.3) is 0 Å². The van der Waals surface area contributed by atoms with Gasteiger partial charge >= 0.3 is 0 Å². The molecule has 3 aromatic rings. The fraction of sp³-hybridized carbons (Fsp3) is 0.222. The molecule has 0 bridgehead atoms. The van der Waals surface area contributed by atoms with E-state index in [0.717, 1.165) is 40.6 Å². The second-order valence-corrected chi connectivity index (χ2v) is 5.75. The first-order chi connectivity index (χ1) is 10.8. The van der Waals surface area contributed by atoms with Crippen LogP contribution in [0.4, 0.5) is 0 Å². The number of pyridine rings is 3. The number of aromatic nitrogens is 3. The third kappa shape index (κ3) is 2.60. The van der Waals surface area contributed by atoms with Gasteiger partial charge in [-0.2, -0.15) is 0 Å². The van der Waals surface area contributed by atoms with Gasteiger partial charge < -0.3 is 0 Å². The lowest BCUT2D eigenvalue weighted by Crippen LogP contribution is -2.06. The number of ketones is 1. The highest BCUT2D eigenvalue weighted by Crippen LogP contribution is 2.31. The molecule has 1 fully saturated rings. The number of carbonyl (C=O) groups is 1. The average molecular weight is 289 g/mol. The lowest BCUT2D eigenvalue weighted by molar-refractivity contribution is -0.119. The minimum Gasteiger partial charge on any atom is -0.299 e. The highest BCUT2D eigenvalue weighted by molar-refractivity contribution is 5.88. The summed E-state index contributed by atoms with van der Waals surface area (Å²) in [6.45, 7) is 0. The van der Waals surface area contributed by atoms with Gasteiger partial charge in [0.05, 0.1) is 5.69 Å². The van der Waals surface area contributed by atoms with Crippen LogP contribution in [0.3, 0.4) is 0 Å². The lowest BCUT2D eigenvalue weighted by atomic mass is 10.1. The van der Waals surface area contributed by atoms with Crippen molar-refractivity contribution in [2.24, 2.45) is 5.92 Å². The van der Waals surface area contributed by atoms with E-state index in [4.69, 9.17) is 0 Å². The quantitative estimate of drug-likeness (QED) is 0.740. The smallest absolute Gasteiger partial charge is 0.141 e. The molecule has 4 heteroatoms. The van der Waals surface area contributed by atoms with Crippen molar-refractivity contribution in [3.05, 3.63) is 54.7 Å². The molecule has 0 atom stereocenters. The van der Waals surface area contributed by atoms with Crippen molar-refractivity contribution >= 4 is 16.6 Å². The summed E-state index contributed by atoms with van der Waals surface area (Å²) in [4.78, 5) is 24.9. The van der Waals surface area contributed by atoms with Crippen molar-refractivity contribution in [1.29, 1.82) is 0 Å². The van der Waals surface area contributed by atoms with Gasteiger partial charge in [-0.1, -0.05) is 0 Å². The maximum absolute atomic E-state index is 11.9. The SMILES string of the molecule is O=C(Cc1cc2cc(-c3cccnc3)ncc2cn1)C1CC1. The van der Waals surface area contributed by atoms with E-state index >= 15 is 0 Å². The second-order valence-electron chi connectivity index (χ2n) is 5.75. The van der Waals surface area contributed by atoms with Crippen LogP contribution in [-0.2, 0) is 11.2 Å². The van der Waals surface area contributed by atoms with Gasteiger partial charge in [0, 0.05) is 53.8 Å². The molecule has 0 radical (unpaired) electrons. The first kappa shape index (κ1) is 13.1. The Morgan fingerprint density at radius 3 is 2.73 bits per heavy atom. The van der Waals surface area contributed by atoms with Gasteiger partial charge in [-0.15, -0.1) is 0 Å². The zero-order valence-corrected chi connectivity index (χ0v) is 12.1. The van der Waals surface area contributed by atoms with E-state index in [1.165, 1.54) is 0 Å². The minimum atomic E-state index is 0.279. The number of hydrogen-bond donors (Lipinski definition) is 0. The van der Waals surface area contributed by atoms with Crippen LogP contribution in [0.2, 0.25) is 0 Å². The van der Waals surface area contributed by atoms with Gasteiger partial charge in [0.1, 0.15) is 5.78 Å². The van der Waals surface area contributed by atoms with E-state index in [1.807, 2.05) is 30.5 Å². The summed E-state index contributed by atoms with van der Waals surface area (Å²) in [5.41, 5.74) is 2.70. The molecule has 4 rings (SSSR count). The summed E-state index contributed by atoms with van der Waals surface area (Å²) in [6.07, 6.45) is 9.68. The highest BCUT2D eigenvalue weighted by Gasteiger charge is 2.29. The van der Waals surface area contributed by atoms with Gasteiger partial charge in [-0.05, 0) is 42.5 Å². The predicted molar refractivity (Wildman–Crippen MR) is 84.2 cm³/mol. The Morgan fingerprint density at radius 1 is 1.09 bits per heavy atom. The minimum absolute atomic E-state index is 0.279. The van der Waals surface area contributed by atoms with Crippen molar-refractivity contribution in [1.82, 2.24) is 15.0 Å². The Balaban J connectivity index is 1.69. The summed E-state index contributed by atoms with van der Waals surface area (Å²) in [7, 11) is 0. The Morgan fingerprint density at radius 2 is 1.95 bits per heavy atom. The predicted octanol–water partition coefficient (Wildman–Crippen LogP) is 3.21. The molecule has 3 heterocycles. The normalized spacial score (nSPS) is 14.2. The van der Waals surface area contributed by atoms with Crippen LogP contribution in [0.25, 0.3) is 22.0 Å². The lowest BCUT2D eigenvalue weighted by Gasteiger charge is -2.05. The average Bonchev–Trinajstić information content (AvgIpc) is 3.40. The summed E-state index contributed by atoms with van der Waals surface area (Å²) in [5, 5.41) is 2.04. The van der Waals surface area contributed by atoms with E-state index in [-0.39, 0.29) is 5.92 Å². The molecule has 0 saturated heterocycles. The molecule has 0 aromatic carbocycles. The van der Waals surface area contributed by atoms with Gasteiger partial charge in [-0.25, -0.2) is 0 Å². The number of fused-ring (bicyclic) bond motifs is 1. The van der Waals surface area contributed by atoms with Crippen LogP contribution in [0.5, 0.6) is 0 Å². The zero-order valence-electron chi connectivity index (χ0n) is 12.1. The topological polar surface area (TPSA) is 55.7 Å². The van der Waals surface area contributed by atoms with Crippen LogP contribution >= 0.6 is 0 Å². The Kier molecular flexibility index (Phi) is 3.15. The summed E-state index contributed by atoms with van der Waals surface area (Å²) >= 11 is 0. The van der Waals surface area contributed by atoms with Crippen molar-refractivity contribution in [3.63, 3.8) is 0 Å². The van der Waals surface area contributed by atoms with E-state index < -0.39 is 0 Å². The fourth-order valence-electron chi connectivity index (χ4n) is 2.58. The molecule has 0 amide bonds. The van der Waals surface area contributed by atoms with Crippen LogP contribution in [0.15, 0.2) is 49.1 Å². The van der Waals surface area contributed by atoms with Crippen LogP contribution in [0, 0.1) is 5.92 Å².